The van der Waals surface area contributed by atoms with Crippen molar-refractivity contribution in [2.75, 3.05) is 6.61 Å². The number of alkyl halides is 3. The molecule has 0 fully saturated rings. The number of carbonyl (C=O) groups is 2. The summed E-state index contributed by atoms with van der Waals surface area (Å²) in [7, 11) is 0. The van der Waals surface area contributed by atoms with Gasteiger partial charge in [-0.05, 0) is 24.6 Å². The van der Waals surface area contributed by atoms with Crippen LogP contribution in [0.4, 0.5) is 13.2 Å². The molecule has 0 aliphatic carbocycles. The number of aldehydes is 1. The fraction of sp³-hybridized carbons (Fsp3) is 0.308. The van der Waals surface area contributed by atoms with Gasteiger partial charge in [-0.25, -0.2) is 0 Å². The summed E-state index contributed by atoms with van der Waals surface area (Å²) < 4.78 is 45.0. The molecule has 0 amide bonds. The molecule has 0 aromatic heterocycles. The Bertz CT molecular complexity index is 590. The van der Waals surface area contributed by atoms with Crippen molar-refractivity contribution in [3.05, 3.63) is 28.8 Å². The lowest BCUT2D eigenvalue weighted by Crippen LogP contribution is -2.18. The lowest BCUT2D eigenvalue weighted by Gasteiger charge is -2.12. The number of carbonyl (C=O) groups excluding carboxylic acids is 2. The molecule has 0 aliphatic heterocycles. The standard InChI is InChI=1S/C13H10F3NO4/c1-2-20-12(19)5-8-3-10(21-13(14,15)16)4-9(7-18)11(8)6-17/h3-4,7H,2,5H2,1H3. The Balaban J connectivity index is 3.25. The second kappa shape index (κ2) is 6.74. The van der Waals surface area contributed by atoms with E-state index in [1.807, 2.05) is 0 Å². The highest BCUT2D eigenvalue weighted by atomic mass is 19.4. The molecule has 0 heterocycles. The molecule has 1 aromatic carbocycles. The Labute approximate surface area is 117 Å². The van der Waals surface area contributed by atoms with Gasteiger partial charge in [-0.3, -0.25) is 9.59 Å². The fourth-order valence-corrected chi connectivity index (χ4v) is 1.63. The van der Waals surface area contributed by atoms with Gasteiger partial charge in [0.2, 0.25) is 0 Å². The first kappa shape index (κ1) is 16.5. The molecule has 0 bridgehead atoms. The summed E-state index contributed by atoms with van der Waals surface area (Å²) in [5.41, 5.74) is -0.550. The van der Waals surface area contributed by atoms with Crippen molar-refractivity contribution >= 4 is 12.3 Å². The minimum Gasteiger partial charge on any atom is -0.466 e. The van der Waals surface area contributed by atoms with E-state index in [9.17, 15) is 22.8 Å². The van der Waals surface area contributed by atoms with Crippen molar-refractivity contribution in [1.82, 2.24) is 0 Å². The average Bonchev–Trinajstić information content (AvgIpc) is 2.36. The van der Waals surface area contributed by atoms with Crippen LogP contribution in [0.1, 0.15) is 28.4 Å². The number of hydrogen-bond acceptors (Lipinski definition) is 5. The predicted molar refractivity (Wildman–Crippen MR) is 63.6 cm³/mol. The first-order chi connectivity index (χ1) is 9.80. The first-order valence-corrected chi connectivity index (χ1v) is 5.74. The monoisotopic (exact) mass is 301 g/mol. The number of ether oxygens (including phenoxy) is 2. The summed E-state index contributed by atoms with van der Waals surface area (Å²) >= 11 is 0. The second-order valence-corrected chi connectivity index (χ2v) is 3.81. The normalized spacial score (nSPS) is 10.6. The van der Waals surface area contributed by atoms with Gasteiger partial charge in [0.05, 0.1) is 18.6 Å². The molecule has 0 radical (unpaired) electrons. The van der Waals surface area contributed by atoms with E-state index in [0.717, 1.165) is 12.1 Å². The smallest absolute Gasteiger partial charge is 0.466 e. The minimum absolute atomic E-state index is 0.0696. The first-order valence-electron chi connectivity index (χ1n) is 5.74. The Hall–Kier alpha value is -2.56. The quantitative estimate of drug-likeness (QED) is 0.616. The summed E-state index contributed by atoms with van der Waals surface area (Å²) in [6, 6.07) is 3.35. The van der Waals surface area contributed by atoms with Crippen molar-refractivity contribution in [3.8, 4) is 11.8 Å². The molecule has 0 aliphatic rings. The zero-order valence-corrected chi connectivity index (χ0v) is 10.9. The topological polar surface area (TPSA) is 76.4 Å². The van der Waals surface area contributed by atoms with Crippen molar-refractivity contribution < 1.29 is 32.2 Å². The number of halogens is 3. The molecule has 0 N–H and O–H groups in total. The zero-order chi connectivity index (χ0) is 16.0. The van der Waals surface area contributed by atoms with Crippen LogP contribution in [-0.4, -0.2) is 25.2 Å². The summed E-state index contributed by atoms with van der Waals surface area (Å²) in [5.74, 6) is -1.40. The maximum Gasteiger partial charge on any atom is 0.573 e. The third-order valence-electron chi connectivity index (χ3n) is 2.34. The summed E-state index contributed by atoms with van der Waals surface area (Å²) in [6.45, 7) is 1.64. The van der Waals surface area contributed by atoms with Gasteiger partial charge in [0.15, 0.2) is 6.29 Å². The number of benzene rings is 1. The molecule has 5 nitrogen and oxygen atoms in total. The molecule has 112 valence electrons. The number of nitriles is 1. The Kier molecular flexibility index (Phi) is 5.30. The molecular weight excluding hydrogens is 291 g/mol. The Morgan fingerprint density at radius 2 is 2.10 bits per heavy atom. The van der Waals surface area contributed by atoms with Crippen molar-refractivity contribution in [3.63, 3.8) is 0 Å². The zero-order valence-electron chi connectivity index (χ0n) is 10.9. The largest absolute Gasteiger partial charge is 0.573 e. The van der Waals surface area contributed by atoms with Crippen LogP contribution in [0.5, 0.6) is 5.75 Å². The molecular formula is C13H10F3NO4. The van der Waals surface area contributed by atoms with Crippen LogP contribution in [-0.2, 0) is 16.0 Å². The van der Waals surface area contributed by atoms with E-state index in [1.165, 1.54) is 0 Å². The molecule has 0 saturated carbocycles. The fourth-order valence-electron chi connectivity index (χ4n) is 1.63. The van der Waals surface area contributed by atoms with Crippen LogP contribution in [0.3, 0.4) is 0 Å². The lowest BCUT2D eigenvalue weighted by molar-refractivity contribution is -0.274. The number of nitrogens with zero attached hydrogens (tertiary/aromatic N) is 1. The maximum absolute atomic E-state index is 12.2. The van der Waals surface area contributed by atoms with Gasteiger partial charge >= 0.3 is 12.3 Å². The SMILES string of the molecule is CCOC(=O)Cc1cc(OC(F)(F)F)cc(C=O)c1C#N. The summed E-state index contributed by atoms with van der Waals surface area (Å²) in [6.07, 6.45) is -5.17. The maximum atomic E-state index is 12.2. The highest BCUT2D eigenvalue weighted by molar-refractivity contribution is 5.83. The Morgan fingerprint density at radius 1 is 1.43 bits per heavy atom. The highest BCUT2D eigenvalue weighted by Crippen LogP contribution is 2.27. The third kappa shape index (κ3) is 4.80. The van der Waals surface area contributed by atoms with E-state index in [4.69, 9.17) is 5.26 Å². The van der Waals surface area contributed by atoms with Crippen molar-refractivity contribution in [1.29, 1.82) is 5.26 Å². The van der Waals surface area contributed by atoms with Gasteiger partial charge in [-0.1, -0.05) is 0 Å². The van der Waals surface area contributed by atoms with E-state index in [-0.39, 0.29) is 29.6 Å². The number of rotatable bonds is 5. The molecule has 0 saturated heterocycles. The van der Waals surface area contributed by atoms with Crippen LogP contribution in [0.15, 0.2) is 12.1 Å². The number of esters is 1. The molecule has 21 heavy (non-hydrogen) atoms. The van der Waals surface area contributed by atoms with E-state index in [0.29, 0.717) is 0 Å². The van der Waals surface area contributed by atoms with Crippen molar-refractivity contribution in [2.24, 2.45) is 0 Å². The average molecular weight is 301 g/mol. The van der Waals surface area contributed by atoms with Gasteiger partial charge in [0.25, 0.3) is 0 Å². The van der Waals surface area contributed by atoms with Crippen LogP contribution in [0.2, 0.25) is 0 Å². The summed E-state index contributed by atoms with van der Waals surface area (Å²) in [4.78, 5) is 22.3. The van der Waals surface area contributed by atoms with E-state index >= 15 is 0 Å². The van der Waals surface area contributed by atoms with Crippen LogP contribution < -0.4 is 4.74 Å². The van der Waals surface area contributed by atoms with Gasteiger partial charge in [0, 0.05) is 5.56 Å². The molecule has 8 heteroatoms. The molecule has 0 spiro atoms. The molecule has 0 atom stereocenters. The second-order valence-electron chi connectivity index (χ2n) is 3.81. The third-order valence-corrected chi connectivity index (χ3v) is 2.34. The highest BCUT2D eigenvalue weighted by Gasteiger charge is 2.31. The summed E-state index contributed by atoms with van der Waals surface area (Å²) in [5, 5.41) is 8.97. The predicted octanol–water partition coefficient (Wildman–Crippen LogP) is 2.37. The minimum atomic E-state index is -4.95. The molecule has 1 rings (SSSR count). The Morgan fingerprint density at radius 3 is 2.57 bits per heavy atom. The van der Waals surface area contributed by atoms with Gasteiger partial charge in [-0.15, -0.1) is 13.2 Å². The lowest BCUT2D eigenvalue weighted by atomic mass is 10.00. The molecule has 1 aromatic rings. The van der Waals surface area contributed by atoms with E-state index in [1.54, 1.807) is 13.0 Å². The molecule has 0 unspecified atom stereocenters. The van der Waals surface area contributed by atoms with Gasteiger partial charge < -0.3 is 9.47 Å². The van der Waals surface area contributed by atoms with Crippen LogP contribution >= 0.6 is 0 Å². The van der Waals surface area contributed by atoms with E-state index in [2.05, 4.69) is 9.47 Å². The van der Waals surface area contributed by atoms with Crippen LogP contribution in [0, 0.1) is 11.3 Å². The number of hydrogen-bond donors (Lipinski definition) is 0. The van der Waals surface area contributed by atoms with Crippen molar-refractivity contribution in [2.45, 2.75) is 19.7 Å². The van der Waals surface area contributed by atoms with Gasteiger partial charge in [0.1, 0.15) is 11.8 Å². The van der Waals surface area contributed by atoms with E-state index < -0.39 is 24.5 Å². The van der Waals surface area contributed by atoms with Gasteiger partial charge in [-0.2, -0.15) is 5.26 Å². The van der Waals surface area contributed by atoms with Crippen LogP contribution in [0.25, 0.3) is 0 Å².